The van der Waals surface area contributed by atoms with Crippen molar-refractivity contribution in [2.45, 2.75) is 70.9 Å². The Morgan fingerprint density at radius 1 is 1.04 bits per heavy atom. The number of benzene rings is 3. The molecule has 0 saturated carbocycles. The molecule has 47 heavy (non-hydrogen) atoms. The molecule has 1 amide bonds. The van der Waals surface area contributed by atoms with E-state index in [1.54, 1.807) is 12.0 Å². The number of nitrogens with zero attached hydrogens (tertiary/aromatic N) is 3. The van der Waals surface area contributed by atoms with Crippen molar-refractivity contribution in [3.63, 3.8) is 0 Å². The van der Waals surface area contributed by atoms with E-state index in [2.05, 4.69) is 18.0 Å². The highest BCUT2D eigenvalue weighted by molar-refractivity contribution is 6.15. The Kier molecular flexibility index (Phi) is 10.6. The van der Waals surface area contributed by atoms with Gasteiger partial charge >= 0.3 is 6.18 Å². The first kappa shape index (κ1) is 34.4. The van der Waals surface area contributed by atoms with Crippen LogP contribution in [0.25, 0.3) is 0 Å². The summed E-state index contributed by atoms with van der Waals surface area (Å²) in [6.45, 7) is 10.6. The molecule has 5 rings (SSSR count). The average Bonchev–Trinajstić information content (AvgIpc) is 3.04. The van der Waals surface area contributed by atoms with Gasteiger partial charge in [-0.05, 0) is 95.2 Å². The maximum absolute atomic E-state index is 13.8. The third kappa shape index (κ3) is 7.65. The van der Waals surface area contributed by atoms with Crippen LogP contribution in [0.1, 0.15) is 78.2 Å². The molecule has 0 unspecified atom stereocenters. The molecule has 1 fully saturated rings. The van der Waals surface area contributed by atoms with E-state index in [1.165, 1.54) is 17.7 Å². The van der Waals surface area contributed by atoms with Crippen LogP contribution in [-0.2, 0) is 17.5 Å². The standard InChI is InChI=1S/C37H44F3N3O4/c1-7-47-34-18-29-30(19-33(34)45-6)35(41-32-16-17-42(5)20-31(29)32)26-10-12-27(13-11-26)36(44)43(23(2)3)24(4)21-46-22-25-8-14-28(15-9-25)37(38,39)40/h8-15,18-19,23-24,31-32H,7,16-17,20-22H2,1-6H3/t24-,31+,32+/m0/s1. The Balaban J connectivity index is 1.33. The maximum Gasteiger partial charge on any atom is 0.416 e. The number of hydrogen-bond acceptors (Lipinski definition) is 6. The summed E-state index contributed by atoms with van der Waals surface area (Å²) < 4.78 is 56.1. The molecule has 3 aromatic rings. The molecule has 3 aromatic carbocycles. The van der Waals surface area contributed by atoms with E-state index in [4.69, 9.17) is 19.2 Å². The van der Waals surface area contributed by atoms with Crippen LogP contribution in [0, 0.1) is 0 Å². The first-order valence-corrected chi connectivity index (χ1v) is 16.2. The smallest absolute Gasteiger partial charge is 0.416 e. The van der Waals surface area contributed by atoms with Crippen LogP contribution in [0.5, 0.6) is 11.5 Å². The SMILES string of the molecule is CCOc1cc2c(cc1OC)C(c1ccc(C(=O)N(C(C)C)[C@@H](C)COCc3ccc(C(F)(F)F)cc3)cc1)=N[C@@H]1CCN(C)C[C@H]21. The van der Waals surface area contributed by atoms with E-state index in [0.717, 1.165) is 54.2 Å². The van der Waals surface area contributed by atoms with Crippen LogP contribution in [0.3, 0.4) is 0 Å². The average molecular weight is 652 g/mol. The molecule has 2 aliphatic rings. The number of aliphatic imine (C=N–C) groups is 1. The number of alkyl halides is 3. The fraction of sp³-hybridized carbons (Fsp3) is 0.459. The Labute approximate surface area is 275 Å². The predicted molar refractivity (Wildman–Crippen MR) is 177 cm³/mol. The molecular weight excluding hydrogens is 607 g/mol. The van der Waals surface area contributed by atoms with Gasteiger partial charge in [0.1, 0.15) is 0 Å². The fourth-order valence-electron chi connectivity index (χ4n) is 6.62. The zero-order valence-corrected chi connectivity index (χ0v) is 27.9. The van der Waals surface area contributed by atoms with Gasteiger partial charge in [-0.2, -0.15) is 13.2 Å². The minimum Gasteiger partial charge on any atom is -0.493 e. The molecule has 252 valence electrons. The second-order valence-corrected chi connectivity index (χ2v) is 12.7. The molecule has 2 aliphatic heterocycles. The highest BCUT2D eigenvalue weighted by Crippen LogP contribution is 2.42. The Morgan fingerprint density at radius 2 is 1.74 bits per heavy atom. The molecule has 0 spiro atoms. The highest BCUT2D eigenvalue weighted by atomic mass is 19.4. The van der Waals surface area contributed by atoms with Gasteiger partial charge in [-0.3, -0.25) is 9.79 Å². The van der Waals surface area contributed by atoms with Gasteiger partial charge < -0.3 is 24.0 Å². The second-order valence-electron chi connectivity index (χ2n) is 12.7. The first-order chi connectivity index (χ1) is 22.4. The maximum atomic E-state index is 13.8. The van der Waals surface area contributed by atoms with Gasteiger partial charge in [0.2, 0.25) is 0 Å². The van der Waals surface area contributed by atoms with Crippen molar-refractivity contribution in [3.05, 3.63) is 94.0 Å². The van der Waals surface area contributed by atoms with Gasteiger partial charge in [0.15, 0.2) is 11.5 Å². The summed E-state index contributed by atoms with van der Waals surface area (Å²) in [7, 11) is 3.79. The van der Waals surface area contributed by atoms with E-state index >= 15 is 0 Å². The Morgan fingerprint density at radius 3 is 2.36 bits per heavy atom. The third-order valence-corrected chi connectivity index (χ3v) is 8.94. The summed E-state index contributed by atoms with van der Waals surface area (Å²) in [5, 5.41) is 0. The molecule has 10 heteroatoms. The summed E-state index contributed by atoms with van der Waals surface area (Å²) in [6.07, 6.45) is -3.42. The Hall–Kier alpha value is -3.89. The molecule has 0 aromatic heterocycles. The van der Waals surface area contributed by atoms with E-state index in [-0.39, 0.29) is 43.2 Å². The number of halogens is 3. The van der Waals surface area contributed by atoms with Crippen LogP contribution in [0.4, 0.5) is 13.2 Å². The van der Waals surface area contributed by atoms with Crippen molar-refractivity contribution in [1.29, 1.82) is 0 Å². The van der Waals surface area contributed by atoms with E-state index in [0.29, 0.717) is 23.5 Å². The first-order valence-electron chi connectivity index (χ1n) is 16.2. The zero-order valence-electron chi connectivity index (χ0n) is 27.9. The third-order valence-electron chi connectivity index (χ3n) is 8.94. The molecular formula is C37H44F3N3O4. The summed E-state index contributed by atoms with van der Waals surface area (Å²) >= 11 is 0. The number of piperidine rings is 1. The molecule has 1 saturated heterocycles. The van der Waals surface area contributed by atoms with Crippen LogP contribution in [-0.4, -0.2) is 80.0 Å². The number of rotatable bonds is 11. The molecule has 0 aliphatic carbocycles. The molecule has 0 N–H and O–H groups in total. The molecule has 3 atom stereocenters. The monoisotopic (exact) mass is 651 g/mol. The van der Waals surface area contributed by atoms with Crippen molar-refractivity contribution in [2.75, 3.05) is 40.5 Å². The van der Waals surface area contributed by atoms with Crippen LogP contribution in [0.15, 0.2) is 65.7 Å². The number of carbonyl (C=O) groups is 1. The number of likely N-dealkylation sites (N-methyl/N-ethyl adjacent to an activating group) is 1. The summed E-state index contributed by atoms with van der Waals surface area (Å²) in [5.74, 6) is 1.52. The lowest BCUT2D eigenvalue weighted by Crippen LogP contribution is -2.45. The number of methoxy groups -OCH3 is 1. The quantitative estimate of drug-likeness (QED) is 0.219. The van der Waals surface area contributed by atoms with Crippen LogP contribution < -0.4 is 9.47 Å². The largest absolute Gasteiger partial charge is 0.493 e. The predicted octanol–water partition coefficient (Wildman–Crippen LogP) is 7.21. The number of carbonyl (C=O) groups excluding carboxylic acids is 1. The van der Waals surface area contributed by atoms with Crippen LogP contribution in [0.2, 0.25) is 0 Å². The number of fused-ring (bicyclic) bond motifs is 3. The van der Waals surface area contributed by atoms with Crippen molar-refractivity contribution >= 4 is 11.6 Å². The van der Waals surface area contributed by atoms with Gasteiger partial charge in [0.25, 0.3) is 5.91 Å². The lowest BCUT2D eigenvalue weighted by Gasteiger charge is -2.39. The van der Waals surface area contributed by atoms with Crippen molar-refractivity contribution in [1.82, 2.24) is 9.80 Å². The molecule has 0 bridgehead atoms. The van der Waals surface area contributed by atoms with Gasteiger partial charge in [-0.15, -0.1) is 0 Å². The van der Waals surface area contributed by atoms with Gasteiger partial charge in [-0.1, -0.05) is 24.3 Å². The number of ether oxygens (including phenoxy) is 3. The Bertz CT molecular complexity index is 1570. The fourth-order valence-corrected chi connectivity index (χ4v) is 6.62. The summed E-state index contributed by atoms with van der Waals surface area (Å²) in [4.78, 5) is 23.2. The molecule has 0 radical (unpaired) electrons. The highest BCUT2D eigenvalue weighted by Gasteiger charge is 2.36. The minimum absolute atomic E-state index is 0.102. The minimum atomic E-state index is -4.38. The number of hydrogen-bond donors (Lipinski definition) is 0. The van der Waals surface area contributed by atoms with E-state index in [1.807, 2.05) is 58.0 Å². The van der Waals surface area contributed by atoms with Crippen LogP contribution >= 0.6 is 0 Å². The van der Waals surface area contributed by atoms with E-state index < -0.39 is 11.7 Å². The van der Waals surface area contributed by atoms with Crippen molar-refractivity contribution in [3.8, 4) is 11.5 Å². The topological polar surface area (TPSA) is 63.6 Å². The lowest BCUT2D eigenvalue weighted by atomic mass is 9.79. The van der Waals surface area contributed by atoms with Gasteiger partial charge in [0.05, 0.1) is 50.3 Å². The summed E-state index contributed by atoms with van der Waals surface area (Å²) in [5.41, 5.74) is 4.52. The lowest BCUT2D eigenvalue weighted by molar-refractivity contribution is -0.137. The number of amides is 1. The summed E-state index contributed by atoms with van der Waals surface area (Å²) in [6, 6.07) is 16.4. The van der Waals surface area contributed by atoms with Crippen molar-refractivity contribution in [2.24, 2.45) is 4.99 Å². The zero-order chi connectivity index (χ0) is 33.9. The van der Waals surface area contributed by atoms with E-state index in [9.17, 15) is 18.0 Å². The second kappa shape index (κ2) is 14.5. The number of likely N-dealkylation sites (tertiary alicyclic amines) is 1. The normalized spacial score (nSPS) is 18.6. The molecule has 7 nitrogen and oxygen atoms in total. The van der Waals surface area contributed by atoms with Gasteiger partial charge in [-0.25, -0.2) is 0 Å². The van der Waals surface area contributed by atoms with Gasteiger partial charge in [0, 0.05) is 35.2 Å². The van der Waals surface area contributed by atoms with Crippen molar-refractivity contribution < 1.29 is 32.2 Å². The molecule has 2 heterocycles.